The standard InChI is InChI=1S/C24H31BrN2O3/c1-5-19-9-11-22(12-10-19)30-16-23(28)27(15-20-7-6-8-21(25)13-20)18(4)24(29)26-14-17(2)3/h6-13,17-18H,5,14-16H2,1-4H3,(H,26,29)/t18-/m0/s1. The number of ether oxygens (including phenoxy) is 1. The van der Waals surface area contributed by atoms with Crippen molar-refractivity contribution < 1.29 is 14.3 Å². The molecular weight excluding hydrogens is 444 g/mol. The first-order valence-electron chi connectivity index (χ1n) is 10.3. The first-order chi connectivity index (χ1) is 14.3. The molecule has 1 N–H and O–H groups in total. The van der Waals surface area contributed by atoms with Crippen LogP contribution in [0, 0.1) is 5.92 Å². The molecule has 2 rings (SSSR count). The molecule has 2 aromatic rings. The molecule has 30 heavy (non-hydrogen) atoms. The average Bonchev–Trinajstić information content (AvgIpc) is 2.74. The number of carbonyl (C=O) groups is 2. The molecule has 0 unspecified atom stereocenters. The highest BCUT2D eigenvalue weighted by Crippen LogP contribution is 2.17. The minimum Gasteiger partial charge on any atom is -0.484 e. The maximum Gasteiger partial charge on any atom is 0.261 e. The van der Waals surface area contributed by atoms with Gasteiger partial charge in [-0.2, -0.15) is 0 Å². The molecule has 5 nitrogen and oxygen atoms in total. The number of nitrogens with zero attached hydrogens (tertiary/aromatic N) is 1. The molecule has 0 spiro atoms. The van der Waals surface area contributed by atoms with Crippen LogP contribution in [-0.2, 0) is 22.6 Å². The molecule has 0 aliphatic carbocycles. The van der Waals surface area contributed by atoms with E-state index in [0.29, 0.717) is 24.8 Å². The Hall–Kier alpha value is -2.34. The lowest BCUT2D eigenvalue weighted by molar-refractivity contribution is -0.142. The van der Waals surface area contributed by atoms with Crippen molar-refractivity contribution in [1.82, 2.24) is 10.2 Å². The second kappa shape index (κ2) is 11.7. The molecule has 0 aliphatic rings. The van der Waals surface area contributed by atoms with Gasteiger partial charge in [0.1, 0.15) is 11.8 Å². The van der Waals surface area contributed by atoms with Crippen LogP contribution in [0.2, 0.25) is 0 Å². The fourth-order valence-corrected chi connectivity index (χ4v) is 3.36. The maximum atomic E-state index is 13.0. The summed E-state index contributed by atoms with van der Waals surface area (Å²) in [6.07, 6.45) is 0.947. The largest absolute Gasteiger partial charge is 0.484 e. The average molecular weight is 475 g/mol. The van der Waals surface area contributed by atoms with Gasteiger partial charge in [-0.15, -0.1) is 0 Å². The zero-order chi connectivity index (χ0) is 22.1. The van der Waals surface area contributed by atoms with Crippen LogP contribution in [0.15, 0.2) is 53.0 Å². The summed E-state index contributed by atoms with van der Waals surface area (Å²) < 4.78 is 6.63. The van der Waals surface area contributed by atoms with Crippen molar-refractivity contribution in [1.29, 1.82) is 0 Å². The third-order valence-corrected chi connectivity index (χ3v) is 5.28. The molecule has 0 fully saturated rings. The first kappa shape index (κ1) is 23.9. The molecule has 0 bridgehead atoms. The van der Waals surface area contributed by atoms with Crippen molar-refractivity contribution in [3.8, 4) is 5.75 Å². The van der Waals surface area contributed by atoms with Crippen LogP contribution in [0.3, 0.4) is 0 Å². The Morgan fingerprint density at radius 2 is 1.77 bits per heavy atom. The van der Waals surface area contributed by atoms with Crippen molar-refractivity contribution in [2.75, 3.05) is 13.2 Å². The van der Waals surface area contributed by atoms with E-state index in [-0.39, 0.29) is 18.4 Å². The topological polar surface area (TPSA) is 58.6 Å². The molecule has 0 saturated carbocycles. The fraction of sp³-hybridized carbons (Fsp3) is 0.417. The van der Waals surface area contributed by atoms with Gasteiger partial charge in [0.05, 0.1) is 0 Å². The van der Waals surface area contributed by atoms with Crippen LogP contribution in [0.25, 0.3) is 0 Å². The Morgan fingerprint density at radius 3 is 2.37 bits per heavy atom. The molecule has 6 heteroatoms. The van der Waals surface area contributed by atoms with Gasteiger partial charge in [0.15, 0.2) is 6.61 Å². The molecule has 0 aromatic heterocycles. The molecule has 162 valence electrons. The molecule has 2 amide bonds. The number of hydrogen-bond donors (Lipinski definition) is 1. The van der Waals surface area contributed by atoms with Crippen molar-refractivity contribution >= 4 is 27.7 Å². The predicted octanol–water partition coefficient (Wildman–Crippen LogP) is 4.58. The van der Waals surface area contributed by atoms with Gasteiger partial charge in [0.2, 0.25) is 5.91 Å². The van der Waals surface area contributed by atoms with E-state index in [1.165, 1.54) is 5.56 Å². The van der Waals surface area contributed by atoms with E-state index in [4.69, 9.17) is 4.74 Å². The Bertz CT molecular complexity index is 837. The number of carbonyl (C=O) groups excluding carboxylic acids is 2. The van der Waals surface area contributed by atoms with E-state index < -0.39 is 6.04 Å². The van der Waals surface area contributed by atoms with Gasteiger partial charge in [-0.05, 0) is 54.7 Å². The van der Waals surface area contributed by atoms with Crippen molar-refractivity contribution in [3.63, 3.8) is 0 Å². The summed E-state index contributed by atoms with van der Waals surface area (Å²) in [5.41, 5.74) is 2.15. The zero-order valence-electron chi connectivity index (χ0n) is 18.2. The second-order valence-corrected chi connectivity index (χ2v) is 8.67. The Morgan fingerprint density at radius 1 is 1.07 bits per heavy atom. The van der Waals surface area contributed by atoms with Crippen molar-refractivity contribution in [2.45, 2.75) is 46.7 Å². The lowest BCUT2D eigenvalue weighted by Crippen LogP contribution is -2.49. The number of hydrogen-bond acceptors (Lipinski definition) is 3. The molecule has 0 radical (unpaired) electrons. The second-order valence-electron chi connectivity index (χ2n) is 7.75. The summed E-state index contributed by atoms with van der Waals surface area (Å²) in [5.74, 6) is 0.575. The number of rotatable bonds is 10. The lowest BCUT2D eigenvalue weighted by atomic mass is 10.1. The van der Waals surface area contributed by atoms with Crippen molar-refractivity contribution in [2.24, 2.45) is 5.92 Å². The molecule has 0 aliphatic heterocycles. The monoisotopic (exact) mass is 474 g/mol. The van der Waals surface area contributed by atoms with Crippen LogP contribution in [0.1, 0.15) is 38.8 Å². The summed E-state index contributed by atoms with van der Waals surface area (Å²) in [5, 5.41) is 2.92. The zero-order valence-corrected chi connectivity index (χ0v) is 19.7. The van der Waals surface area contributed by atoms with E-state index in [1.54, 1.807) is 11.8 Å². The fourth-order valence-electron chi connectivity index (χ4n) is 2.92. The van der Waals surface area contributed by atoms with Crippen LogP contribution < -0.4 is 10.1 Å². The van der Waals surface area contributed by atoms with Gasteiger partial charge in [0.25, 0.3) is 5.91 Å². The quantitative estimate of drug-likeness (QED) is 0.548. The SMILES string of the molecule is CCc1ccc(OCC(=O)N(Cc2cccc(Br)c2)[C@@H](C)C(=O)NCC(C)C)cc1. The van der Waals surface area contributed by atoms with E-state index >= 15 is 0 Å². The first-order valence-corrected chi connectivity index (χ1v) is 11.1. The van der Waals surface area contributed by atoms with Gasteiger partial charge in [-0.3, -0.25) is 9.59 Å². The van der Waals surface area contributed by atoms with Crippen LogP contribution in [0.4, 0.5) is 0 Å². The predicted molar refractivity (Wildman–Crippen MR) is 123 cm³/mol. The normalized spacial score (nSPS) is 11.8. The van der Waals surface area contributed by atoms with Gasteiger partial charge in [0, 0.05) is 17.6 Å². The van der Waals surface area contributed by atoms with Gasteiger partial charge >= 0.3 is 0 Å². The summed E-state index contributed by atoms with van der Waals surface area (Å²) in [7, 11) is 0. The summed E-state index contributed by atoms with van der Waals surface area (Å²) in [6, 6.07) is 14.8. The number of benzene rings is 2. The summed E-state index contributed by atoms with van der Waals surface area (Å²) in [6.45, 7) is 8.68. The third-order valence-electron chi connectivity index (χ3n) is 4.79. The molecular formula is C24H31BrN2O3. The number of halogens is 1. The van der Waals surface area contributed by atoms with Crippen LogP contribution in [-0.4, -0.2) is 35.9 Å². The number of nitrogens with one attached hydrogen (secondary N) is 1. The molecule has 1 atom stereocenters. The number of amides is 2. The van der Waals surface area contributed by atoms with Crippen LogP contribution in [0.5, 0.6) is 5.75 Å². The Labute approximate surface area is 187 Å². The highest BCUT2D eigenvalue weighted by Gasteiger charge is 2.26. The number of aryl methyl sites for hydroxylation is 1. The van der Waals surface area contributed by atoms with Gasteiger partial charge in [-0.25, -0.2) is 0 Å². The smallest absolute Gasteiger partial charge is 0.261 e. The molecule has 2 aromatic carbocycles. The third kappa shape index (κ3) is 7.48. The van der Waals surface area contributed by atoms with Crippen molar-refractivity contribution in [3.05, 3.63) is 64.1 Å². The minimum absolute atomic E-state index is 0.124. The molecule has 0 heterocycles. The summed E-state index contributed by atoms with van der Waals surface area (Å²) in [4.78, 5) is 27.2. The highest BCUT2D eigenvalue weighted by molar-refractivity contribution is 9.10. The maximum absolute atomic E-state index is 13.0. The minimum atomic E-state index is -0.610. The van der Waals surface area contributed by atoms with Gasteiger partial charge < -0.3 is 15.0 Å². The molecule has 0 saturated heterocycles. The van der Waals surface area contributed by atoms with E-state index in [0.717, 1.165) is 16.5 Å². The van der Waals surface area contributed by atoms with E-state index in [1.807, 2.05) is 62.4 Å². The van der Waals surface area contributed by atoms with E-state index in [9.17, 15) is 9.59 Å². The summed E-state index contributed by atoms with van der Waals surface area (Å²) >= 11 is 3.46. The van der Waals surface area contributed by atoms with Gasteiger partial charge in [-0.1, -0.05) is 61.0 Å². The van der Waals surface area contributed by atoms with E-state index in [2.05, 4.69) is 28.2 Å². The highest BCUT2D eigenvalue weighted by atomic mass is 79.9. The Kier molecular flexibility index (Phi) is 9.37. The van der Waals surface area contributed by atoms with Crippen LogP contribution >= 0.6 is 15.9 Å². The Balaban J connectivity index is 2.11. The lowest BCUT2D eigenvalue weighted by Gasteiger charge is -2.29.